The zero-order valence-electron chi connectivity index (χ0n) is 25.2. The number of ether oxygens (including phenoxy) is 3. The summed E-state index contributed by atoms with van der Waals surface area (Å²) in [6.45, 7) is 2.08. The largest absolute Gasteiger partial charge is 0.494 e. The predicted octanol–water partition coefficient (Wildman–Crippen LogP) is 3.99. The summed E-state index contributed by atoms with van der Waals surface area (Å²) in [6.07, 6.45) is 3.17. The Labute approximate surface area is 264 Å². The maximum absolute atomic E-state index is 14.0. The number of aromatic nitrogens is 3. The number of pyridine rings is 1. The lowest BCUT2D eigenvalue weighted by Crippen LogP contribution is -2.44. The number of amides is 2. The van der Waals surface area contributed by atoms with Gasteiger partial charge in [0, 0.05) is 43.5 Å². The van der Waals surface area contributed by atoms with Crippen molar-refractivity contribution in [1.29, 1.82) is 0 Å². The number of halogens is 2. The fourth-order valence-corrected chi connectivity index (χ4v) is 5.35. The fraction of sp³-hybridized carbons (Fsp3) is 0.312. The van der Waals surface area contributed by atoms with Crippen LogP contribution in [-0.4, -0.2) is 77.0 Å². The van der Waals surface area contributed by atoms with E-state index < -0.39 is 23.4 Å². The van der Waals surface area contributed by atoms with Gasteiger partial charge in [-0.15, -0.1) is 0 Å². The van der Waals surface area contributed by atoms with E-state index in [0.717, 1.165) is 0 Å². The van der Waals surface area contributed by atoms with Gasteiger partial charge in [0.2, 0.25) is 0 Å². The van der Waals surface area contributed by atoms with Gasteiger partial charge in [-0.3, -0.25) is 14.3 Å². The van der Waals surface area contributed by atoms with E-state index in [9.17, 15) is 19.1 Å². The molecule has 11 nitrogen and oxygen atoms in total. The lowest BCUT2D eigenvalue weighted by molar-refractivity contribution is -0.132. The van der Waals surface area contributed by atoms with Crippen molar-refractivity contribution in [3.63, 3.8) is 0 Å². The third kappa shape index (κ3) is 6.71. The average molecular weight is 638 g/mol. The first-order valence-corrected chi connectivity index (χ1v) is 14.5. The number of nitrogens with zero attached hydrogens (tertiary/aromatic N) is 4. The number of aliphatic hydroxyl groups is 1. The zero-order valence-corrected chi connectivity index (χ0v) is 26.0. The van der Waals surface area contributed by atoms with Crippen molar-refractivity contribution in [2.75, 3.05) is 34.4 Å². The van der Waals surface area contributed by atoms with E-state index >= 15 is 0 Å². The molecule has 1 aliphatic heterocycles. The Kier molecular flexibility index (Phi) is 9.26. The number of methoxy groups -OCH3 is 2. The Balaban J connectivity index is 1.44. The molecule has 1 fully saturated rings. The van der Waals surface area contributed by atoms with E-state index in [2.05, 4.69) is 10.4 Å². The maximum Gasteiger partial charge on any atom is 0.263 e. The topological polar surface area (TPSA) is 128 Å². The van der Waals surface area contributed by atoms with Crippen molar-refractivity contribution in [2.24, 2.45) is 0 Å². The van der Waals surface area contributed by atoms with E-state index in [4.69, 9.17) is 30.8 Å². The number of hydrogen-bond acceptors (Lipinski definition) is 8. The molecule has 1 aliphatic rings. The van der Waals surface area contributed by atoms with Crippen molar-refractivity contribution < 1.29 is 33.3 Å². The lowest BCUT2D eigenvalue weighted by atomic mass is 9.95. The first-order valence-electron chi connectivity index (χ1n) is 14.1. The van der Waals surface area contributed by atoms with Crippen molar-refractivity contribution >= 4 is 23.4 Å². The van der Waals surface area contributed by atoms with Crippen molar-refractivity contribution in [3.05, 3.63) is 88.6 Å². The number of nitrogens with one attached hydrogen (secondary N) is 1. The van der Waals surface area contributed by atoms with Crippen LogP contribution in [0.4, 0.5) is 4.39 Å². The van der Waals surface area contributed by atoms with Crippen LogP contribution in [0.15, 0.2) is 60.9 Å². The van der Waals surface area contributed by atoms with E-state index in [-0.39, 0.29) is 41.0 Å². The Morgan fingerprint density at radius 3 is 2.62 bits per heavy atom. The minimum Gasteiger partial charge on any atom is -0.494 e. The first-order chi connectivity index (χ1) is 21.5. The van der Waals surface area contributed by atoms with Crippen LogP contribution in [0.2, 0.25) is 5.02 Å². The molecule has 3 heterocycles. The Hall–Kier alpha value is -4.68. The van der Waals surface area contributed by atoms with Gasteiger partial charge in [-0.05, 0) is 61.0 Å². The minimum absolute atomic E-state index is 0.0530. The molecular weight excluding hydrogens is 605 g/mol. The van der Waals surface area contributed by atoms with Crippen LogP contribution in [0.5, 0.6) is 17.2 Å². The second kappa shape index (κ2) is 13.1. The minimum atomic E-state index is -1.75. The Bertz CT molecular complexity index is 1720. The molecule has 2 N–H and O–H groups in total. The number of hydrogen-bond donors (Lipinski definition) is 2. The number of aryl methyl sites for hydroxylation is 1. The van der Waals surface area contributed by atoms with Crippen LogP contribution >= 0.6 is 11.6 Å². The highest BCUT2D eigenvalue weighted by Crippen LogP contribution is 2.36. The quantitative estimate of drug-likeness (QED) is 0.253. The lowest BCUT2D eigenvalue weighted by Gasteiger charge is -2.29. The normalized spacial score (nSPS) is 15.9. The van der Waals surface area contributed by atoms with E-state index in [0.29, 0.717) is 41.3 Å². The van der Waals surface area contributed by atoms with Crippen LogP contribution in [0.1, 0.15) is 28.0 Å². The molecule has 0 spiro atoms. The SMILES string of the molecule is COc1cc(C(=O)NCC(O)(Cn2cccn2)c2cc(C)c(OC)c(-c3ccc(F)c(Cl)c3)n2)ccc1OC1CCN(C)C1=O. The average Bonchev–Trinajstić information content (AvgIpc) is 3.66. The van der Waals surface area contributed by atoms with Crippen LogP contribution in [0, 0.1) is 12.7 Å². The summed E-state index contributed by atoms with van der Waals surface area (Å²) in [7, 11) is 4.65. The Morgan fingerprint density at radius 2 is 1.98 bits per heavy atom. The van der Waals surface area contributed by atoms with Gasteiger partial charge in [-0.2, -0.15) is 5.10 Å². The molecule has 2 atom stereocenters. The maximum atomic E-state index is 14.0. The number of likely N-dealkylation sites (N-methyl/N-ethyl adjacent to an activating group) is 1. The molecule has 236 valence electrons. The zero-order chi connectivity index (χ0) is 32.3. The summed E-state index contributed by atoms with van der Waals surface area (Å²) < 4.78 is 32.4. The Morgan fingerprint density at radius 1 is 1.18 bits per heavy atom. The van der Waals surface area contributed by atoms with Gasteiger partial charge >= 0.3 is 0 Å². The van der Waals surface area contributed by atoms with Gasteiger partial charge in [0.25, 0.3) is 11.8 Å². The summed E-state index contributed by atoms with van der Waals surface area (Å²) in [6, 6.07) is 12.2. The number of carbonyl (C=O) groups excluding carboxylic acids is 2. The van der Waals surface area contributed by atoms with Crippen molar-refractivity contribution in [1.82, 2.24) is 25.0 Å². The molecule has 2 aromatic heterocycles. The molecule has 2 unspecified atom stereocenters. The molecule has 4 aromatic rings. The predicted molar refractivity (Wildman–Crippen MR) is 164 cm³/mol. The van der Waals surface area contributed by atoms with Crippen molar-refractivity contribution in [3.8, 4) is 28.5 Å². The number of carbonyl (C=O) groups is 2. The molecule has 2 amide bonds. The molecule has 2 aromatic carbocycles. The van der Waals surface area contributed by atoms with E-state index in [1.807, 2.05) is 0 Å². The summed E-state index contributed by atoms with van der Waals surface area (Å²) in [5.41, 5.74) is 0.186. The van der Waals surface area contributed by atoms with Gasteiger partial charge in [-0.25, -0.2) is 9.37 Å². The van der Waals surface area contributed by atoms with E-state index in [1.165, 1.54) is 43.2 Å². The van der Waals surface area contributed by atoms with Crippen LogP contribution in [0.25, 0.3) is 11.3 Å². The summed E-state index contributed by atoms with van der Waals surface area (Å²) >= 11 is 6.07. The fourth-order valence-electron chi connectivity index (χ4n) is 5.17. The summed E-state index contributed by atoms with van der Waals surface area (Å²) in [5, 5.41) is 19.1. The highest BCUT2D eigenvalue weighted by Gasteiger charge is 2.35. The number of likely N-dealkylation sites (tertiary alicyclic amines) is 1. The van der Waals surface area contributed by atoms with Gasteiger partial charge in [0.15, 0.2) is 17.6 Å². The van der Waals surface area contributed by atoms with Crippen LogP contribution < -0.4 is 19.5 Å². The van der Waals surface area contributed by atoms with Crippen LogP contribution in [-0.2, 0) is 16.9 Å². The molecule has 0 bridgehead atoms. The molecule has 5 rings (SSSR count). The number of benzene rings is 2. The number of rotatable bonds is 11. The standard InChI is InChI=1S/C32H33ClFN5O6/c1-19-14-27(37-28(29(19)44-4)20-6-8-23(34)22(33)15-20)32(42,18-39-12-5-11-36-39)17-35-30(40)21-7-9-24(26(16-21)43-3)45-25-10-13-38(2)31(25)41/h5-9,11-12,14-16,25,42H,10,13,17-18H2,1-4H3,(H,35,40). The molecule has 0 saturated carbocycles. The van der Waals surface area contributed by atoms with Gasteiger partial charge in [0.05, 0.1) is 38.0 Å². The van der Waals surface area contributed by atoms with E-state index in [1.54, 1.807) is 55.5 Å². The molecular formula is C32H33ClFN5O6. The third-order valence-corrected chi connectivity index (χ3v) is 7.92. The molecule has 45 heavy (non-hydrogen) atoms. The second-order valence-corrected chi connectivity index (χ2v) is 11.2. The summed E-state index contributed by atoms with van der Waals surface area (Å²) in [5.74, 6) is -0.154. The van der Waals surface area contributed by atoms with Crippen LogP contribution in [0.3, 0.4) is 0 Å². The third-order valence-electron chi connectivity index (χ3n) is 7.63. The second-order valence-electron chi connectivity index (χ2n) is 10.8. The highest BCUT2D eigenvalue weighted by molar-refractivity contribution is 6.31. The van der Waals surface area contributed by atoms with Gasteiger partial charge in [-0.1, -0.05) is 11.6 Å². The van der Waals surface area contributed by atoms with Crippen molar-refractivity contribution in [2.45, 2.75) is 31.6 Å². The van der Waals surface area contributed by atoms with Gasteiger partial charge in [0.1, 0.15) is 22.9 Å². The van der Waals surface area contributed by atoms with Gasteiger partial charge < -0.3 is 29.5 Å². The summed E-state index contributed by atoms with van der Waals surface area (Å²) in [4.78, 5) is 32.0. The molecule has 0 aliphatic carbocycles. The molecule has 13 heteroatoms. The smallest absolute Gasteiger partial charge is 0.263 e. The molecule has 1 saturated heterocycles. The monoisotopic (exact) mass is 637 g/mol. The first kappa shape index (κ1) is 31.7. The molecule has 0 radical (unpaired) electrons. The highest BCUT2D eigenvalue weighted by atomic mass is 35.5.